The van der Waals surface area contributed by atoms with Gasteiger partial charge in [0.05, 0.1) is 4.90 Å². The highest BCUT2D eigenvalue weighted by Crippen LogP contribution is 2.29. The van der Waals surface area contributed by atoms with Gasteiger partial charge in [0.25, 0.3) is 0 Å². The van der Waals surface area contributed by atoms with Gasteiger partial charge in [-0.05, 0) is 74.4 Å². The lowest BCUT2D eigenvalue weighted by Gasteiger charge is -2.19. The molecule has 0 aliphatic rings. The Morgan fingerprint density at radius 3 is 1.87 bits per heavy atom. The van der Waals surface area contributed by atoms with Crippen LogP contribution < -0.4 is 4.72 Å². The van der Waals surface area contributed by atoms with Crippen LogP contribution in [-0.2, 0) is 16.4 Å². The van der Waals surface area contributed by atoms with Crippen molar-refractivity contribution in [3.8, 4) is 0 Å². The van der Waals surface area contributed by atoms with E-state index >= 15 is 0 Å². The molecule has 0 atom stereocenters. The Labute approximate surface area is 138 Å². The summed E-state index contributed by atoms with van der Waals surface area (Å²) in [6, 6.07) is 0. The van der Waals surface area contributed by atoms with Crippen LogP contribution in [0.5, 0.6) is 0 Å². The minimum Gasteiger partial charge on any atom is -0.245 e. The standard InChI is InChI=1S/C17H23N3O2S/c1-11-12(2)14(4)17(15(5)13(11)3)23(21,22)20-7-6-16-8-18-10-19-9-16/h8-10,20H,6-7H2,1-5H3. The van der Waals surface area contributed by atoms with Gasteiger partial charge in [-0.3, -0.25) is 0 Å². The van der Waals surface area contributed by atoms with Crippen LogP contribution in [0, 0.1) is 34.6 Å². The highest BCUT2D eigenvalue weighted by atomic mass is 32.2. The lowest BCUT2D eigenvalue weighted by Crippen LogP contribution is -2.28. The van der Waals surface area contributed by atoms with Crippen LogP contribution in [0.15, 0.2) is 23.6 Å². The first-order chi connectivity index (χ1) is 10.8. The predicted molar refractivity (Wildman–Crippen MR) is 91.1 cm³/mol. The molecular weight excluding hydrogens is 310 g/mol. The zero-order valence-corrected chi connectivity index (χ0v) is 15.1. The summed E-state index contributed by atoms with van der Waals surface area (Å²) in [5.74, 6) is 0. The molecule has 23 heavy (non-hydrogen) atoms. The van der Waals surface area contributed by atoms with Gasteiger partial charge in [-0.25, -0.2) is 23.1 Å². The van der Waals surface area contributed by atoms with E-state index in [1.807, 2.05) is 34.6 Å². The van der Waals surface area contributed by atoms with Crippen molar-refractivity contribution >= 4 is 10.0 Å². The Balaban J connectivity index is 2.27. The SMILES string of the molecule is Cc1c(C)c(C)c(S(=O)(=O)NCCc2cncnc2)c(C)c1C. The highest BCUT2D eigenvalue weighted by molar-refractivity contribution is 7.89. The van der Waals surface area contributed by atoms with E-state index in [1.165, 1.54) is 6.33 Å². The topological polar surface area (TPSA) is 72.0 Å². The normalized spacial score (nSPS) is 11.7. The summed E-state index contributed by atoms with van der Waals surface area (Å²) in [5.41, 5.74) is 5.76. The van der Waals surface area contributed by atoms with E-state index in [1.54, 1.807) is 12.4 Å². The minimum absolute atomic E-state index is 0.320. The molecular formula is C17H23N3O2S. The van der Waals surface area contributed by atoms with E-state index < -0.39 is 10.0 Å². The monoisotopic (exact) mass is 333 g/mol. The molecule has 5 nitrogen and oxygen atoms in total. The second-order valence-electron chi connectivity index (χ2n) is 5.85. The number of benzene rings is 1. The fourth-order valence-electron chi connectivity index (χ4n) is 2.73. The summed E-state index contributed by atoms with van der Waals surface area (Å²) in [6.07, 6.45) is 5.40. The van der Waals surface area contributed by atoms with Crippen molar-refractivity contribution in [3.05, 3.63) is 52.1 Å². The summed E-state index contributed by atoms with van der Waals surface area (Å²) < 4.78 is 28.2. The number of sulfonamides is 1. The van der Waals surface area contributed by atoms with Crippen LogP contribution in [-0.4, -0.2) is 24.9 Å². The number of aromatic nitrogens is 2. The molecule has 1 N–H and O–H groups in total. The molecule has 0 aliphatic heterocycles. The number of nitrogens with zero attached hydrogens (tertiary/aromatic N) is 2. The molecule has 0 bridgehead atoms. The van der Waals surface area contributed by atoms with Crippen LogP contribution in [0.4, 0.5) is 0 Å². The lowest BCUT2D eigenvalue weighted by molar-refractivity contribution is 0.580. The van der Waals surface area contributed by atoms with Crippen LogP contribution in [0.3, 0.4) is 0 Å². The van der Waals surface area contributed by atoms with Crippen molar-refractivity contribution < 1.29 is 8.42 Å². The van der Waals surface area contributed by atoms with Crippen molar-refractivity contribution in [2.24, 2.45) is 0 Å². The van der Waals surface area contributed by atoms with Gasteiger partial charge in [0.1, 0.15) is 6.33 Å². The molecule has 2 rings (SSSR count). The van der Waals surface area contributed by atoms with Crippen molar-refractivity contribution in [2.45, 2.75) is 45.9 Å². The molecule has 2 aromatic rings. The van der Waals surface area contributed by atoms with E-state index in [0.717, 1.165) is 33.4 Å². The van der Waals surface area contributed by atoms with Crippen molar-refractivity contribution in [2.75, 3.05) is 6.54 Å². The van der Waals surface area contributed by atoms with Gasteiger partial charge in [-0.2, -0.15) is 0 Å². The molecule has 0 saturated carbocycles. The second kappa shape index (κ2) is 6.76. The predicted octanol–water partition coefficient (Wildman–Crippen LogP) is 2.54. The fourth-order valence-corrected chi connectivity index (χ4v) is 4.36. The zero-order valence-electron chi connectivity index (χ0n) is 14.3. The summed E-state index contributed by atoms with van der Waals surface area (Å²) >= 11 is 0. The van der Waals surface area contributed by atoms with E-state index in [4.69, 9.17) is 0 Å². The zero-order chi connectivity index (χ0) is 17.2. The first-order valence-corrected chi connectivity index (χ1v) is 9.04. The van der Waals surface area contributed by atoms with Crippen LogP contribution in [0.25, 0.3) is 0 Å². The maximum Gasteiger partial charge on any atom is 0.241 e. The Kier molecular flexibility index (Phi) is 5.16. The van der Waals surface area contributed by atoms with E-state index in [9.17, 15) is 8.42 Å². The van der Waals surface area contributed by atoms with E-state index in [-0.39, 0.29) is 0 Å². The number of hydrogen-bond acceptors (Lipinski definition) is 4. The third kappa shape index (κ3) is 3.59. The summed E-state index contributed by atoms with van der Waals surface area (Å²) in [7, 11) is -3.54. The number of hydrogen-bond donors (Lipinski definition) is 1. The first kappa shape index (κ1) is 17.6. The van der Waals surface area contributed by atoms with Gasteiger partial charge < -0.3 is 0 Å². The third-order valence-corrected chi connectivity index (χ3v) is 6.25. The Hall–Kier alpha value is -1.79. The molecule has 0 fully saturated rings. The van der Waals surface area contributed by atoms with Gasteiger partial charge in [0.2, 0.25) is 10.0 Å². The highest BCUT2D eigenvalue weighted by Gasteiger charge is 2.23. The fraction of sp³-hybridized carbons (Fsp3) is 0.412. The molecule has 6 heteroatoms. The molecule has 0 saturated heterocycles. The van der Waals surface area contributed by atoms with Crippen LogP contribution in [0.2, 0.25) is 0 Å². The molecule has 1 aromatic heterocycles. The quantitative estimate of drug-likeness (QED) is 0.913. The summed E-state index contributed by atoms with van der Waals surface area (Å²) in [5, 5.41) is 0. The van der Waals surface area contributed by atoms with Gasteiger partial charge >= 0.3 is 0 Å². The van der Waals surface area contributed by atoms with Gasteiger partial charge in [0.15, 0.2) is 0 Å². The summed E-state index contributed by atoms with van der Waals surface area (Å²) in [6.45, 7) is 10.0. The van der Waals surface area contributed by atoms with Crippen molar-refractivity contribution in [3.63, 3.8) is 0 Å². The number of nitrogens with one attached hydrogen (secondary N) is 1. The average molecular weight is 333 g/mol. The minimum atomic E-state index is -3.54. The third-order valence-electron chi connectivity index (χ3n) is 4.52. The smallest absolute Gasteiger partial charge is 0.241 e. The van der Waals surface area contributed by atoms with E-state index in [0.29, 0.717) is 17.9 Å². The number of rotatable bonds is 5. The lowest BCUT2D eigenvalue weighted by atomic mass is 9.95. The van der Waals surface area contributed by atoms with E-state index in [2.05, 4.69) is 14.7 Å². The average Bonchev–Trinajstić information content (AvgIpc) is 2.52. The summed E-state index contributed by atoms with van der Waals surface area (Å²) in [4.78, 5) is 8.27. The van der Waals surface area contributed by atoms with Crippen molar-refractivity contribution in [1.82, 2.24) is 14.7 Å². The largest absolute Gasteiger partial charge is 0.245 e. The Morgan fingerprint density at radius 1 is 0.870 bits per heavy atom. The van der Waals surface area contributed by atoms with Gasteiger partial charge in [-0.1, -0.05) is 0 Å². The maximum absolute atomic E-state index is 12.7. The van der Waals surface area contributed by atoms with Crippen molar-refractivity contribution in [1.29, 1.82) is 0 Å². The van der Waals surface area contributed by atoms with Gasteiger partial charge in [0, 0.05) is 18.9 Å². The molecule has 1 aromatic carbocycles. The Morgan fingerprint density at radius 2 is 1.35 bits per heavy atom. The second-order valence-corrected chi connectivity index (χ2v) is 7.55. The molecule has 0 amide bonds. The maximum atomic E-state index is 12.7. The molecule has 1 heterocycles. The Bertz CT molecular complexity index is 786. The van der Waals surface area contributed by atoms with Gasteiger partial charge in [-0.15, -0.1) is 0 Å². The molecule has 0 radical (unpaired) electrons. The molecule has 124 valence electrons. The molecule has 0 unspecified atom stereocenters. The molecule has 0 aliphatic carbocycles. The first-order valence-electron chi connectivity index (χ1n) is 7.56. The van der Waals surface area contributed by atoms with Crippen LogP contribution in [0.1, 0.15) is 33.4 Å². The molecule has 0 spiro atoms. The van der Waals surface area contributed by atoms with Crippen LogP contribution >= 0.6 is 0 Å².